The fraction of sp³-hybridized carbons (Fsp3) is 0.800. The van der Waals surface area contributed by atoms with E-state index in [2.05, 4.69) is 36.2 Å². The molecule has 0 spiro atoms. The Morgan fingerprint density at radius 2 is 2.17 bits per heavy atom. The molecule has 2 unspecified atom stereocenters. The zero-order valence-corrected chi connectivity index (χ0v) is 11.9. The molecule has 2 rings (SSSR count). The average molecular weight is 250 g/mol. The third kappa shape index (κ3) is 2.94. The quantitative estimate of drug-likeness (QED) is 0.763. The first-order valence-corrected chi connectivity index (χ1v) is 7.18. The monoisotopic (exact) mass is 250 g/mol. The molecule has 1 saturated heterocycles. The van der Waals surface area contributed by atoms with Gasteiger partial charge in [0.2, 0.25) is 5.91 Å². The van der Waals surface area contributed by atoms with E-state index in [0.29, 0.717) is 11.9 Å². The number of nitrogens with one attached hydrogen (secondary N) is 1. The van der Waals surface area contributed by atoms with Crippen LogP contribution in [-0.4, -0.2) is 36.5 Å². The van der Waals surface area contributed by atoms with Crippen LogP contribution in [0.5, 0.6) is 0 Å². The Morgan fingerprint density at radius 3 is 2.78 bits per heavy atom. The topological polar surface area (TPSA) is 32.3 Å². The highest BCUT2D eigenvalue weighted by Gasteiger charge is 2.36. The number of likely N-dealkylation sites (tertiary alicyclic amines) is 1. The van der Waals surface area contributed by atoms with Crippen molar-refractivity contribution in [1.29, 1.82) is 0 Å². The van der Waals surface area contributed by atoms with E-state index in [1.165, 1.54) is 6.42 Å². The van der Waals surface area contributed by atoms with Gasteiger partial charge in [-0.1, -0.05) is 26.0 Å². The SMILES string of the molecule is CNC1CCC(C)(C)CN(C2C=CCCC2)C1=O. The number of carbonyl (C=O) groups is 1. The predicted molar refractivity (Wildman–Crippen MR) is 74.4 cm³/mol. The molecule has 2 atom stereocenters. The maximum Gasteiger partial charge on any atom is 0.240 e. The fourth-order valence-corrected chi connectivity index (χ4v) is 3.08. The first-order valence-electron chi connectivity index (χ1n) is 7.18. The summed E-state index contributed by atoms with van der Waals surface area (Å²) in [6.07, 6.45) is 10.0. The van der Waals surface area contributed by atoms with Crippen LogP contribution in [0.3, 0.4) is 0 Å². The number of likely N-dealkylation sites (N-methyl/N-ethyl adjacent to an activating group) is 1. The van der Waals surface area contributed by atoms with Gasteiger partial charge in [-0.15, -0.1) is 0 Å². The molecular formula is C15H26N2O. The normalized spacial score (nSPS) is 32.4. The van der Waals surface area contributed by atoms with Crippen molar-refractivity contribution < 1.29 is 4.79 Å². The summed E-state index contributed by atoms with van der Waals surface area (Å²) in [5.74, 6) is 0.291. The molecule has 1 N–H and O–H groups in total. The molecule has 0 bridgehead atoms. The second-order valence-corrected chi connectivity index (χ2v) is 6.44. The van der Waals surface area contributed by atoms with Gasteiger partial charge in [0.25, 0.3) is 0 Å². The molecule has 3 nitrogen and oxygen atoms in total. The third-order valence-electron chi connectivity index (χ3n) is 4.27. The van der Waals surface area contributed by atoms with Crippen LogP contribution in [0.15, 0.2) is 12.2 Å². The van der Waals surface area contributed by atoms with Crippen molar-refractivity contribution in [1.82, 2.24) is 10.2 Å². The highest BCUT2D eigenvalue weighted by molar-refractivity contribution is 5.82. The summed E-state index contributed by atoms with van der Waals surface area (Å²) in [5, 5.41) is 3.19. The second kappa shape index (κ2) is 5.43. The standard InChI is InChI=1S/C15H26N2O/c1-15(2)10-9-13(16-3)14(18)17(11-15)12-7-5-4-6-8-12/h5,7,12-13,16H,4,6,8-11H2,1-3H3. The molecule has 1 fully saturated rings. The van der Waals surface area contributed by atoms with Crippen molar-refractivity contribution >= 4 is 5.91 Å². The van der Waals surface area contributed by atoms with Crippen molar-refractivity contribution in [3.8, 4) is 0 Å². The van der Waals surface area contributed by atoms with Gasteiger partial charge in [0.05, 0.1) is 12.1 Å². The van der Waals surface area contributed by atoms with Gasteiger partial charge >= 0.3 is 0 Å². The summed E-state index contributed by atoms with van der Waals surface area (Å²) in [6.45, 7) is 5.44. The summed E-state index contributed by atoms with van der Waals surface area (Å²) < 4.78 is 0. The van der Waals surface area contributed by atoms with Gasteiger partial charge in [-0.25, -0.2) is 0 Å². The van der Waals surface area contributed by atoms with Crippen LogP contribution in [0.4, 0.5) is 0 Å². The van der Waals surface area contributed by atoms with Gasteiger partial charge in [0.15, 0.2) is 0 Å². The van der Waals surface area contributed by atoms with E-state index in [9.17, 15) is 4.79 Å². The fourth-order valence-electron chi connectivity index (χ4n) is 3.08. The Hall–Kier alpha value is -0.830. The highest BCUT2D eigenvalue weighted by Crippen LogP contribution is 2.31. The van der Waals surface area contributed by atoms with E-state index in [0.717, 1.165) is 32.2 Å². The lowest BCUT2D eigenvalue weighted by Crippen LogP contribution is -2.49. The maximum absolute atomic E-state index is 12.6. The third-order valence-corrected chi connectivity index (χ3v) is 4.27. The van der Waals surface area contributed by atoms with E-state index < -0.39 is 0 Å². The Bertz CT molecular complexity index is 335. The predicted octanol–water partition coefficient (Wildman–Crippen LogP) is 2.33. The maximum atomic E-state index is 12.6. The number of carbonyl (C=O) groups excluding carboxylic acids is 1. The van der Waals surface area contributed by atoms with E-state index >= 15 is 0 Å². The molecule has 102 valence electrons. The molecule has 3 heteroatoms. The summed E-state index contributed by atoms with van der Waals surface area (Å²) in [7, 11) is 1.90. The molecule has 0 aromatic carbocycles. The first kappa shape index (κ1) is 13.6. The lowest BCUT2D eigenvalue weighted by Gasteiger charge is -2.36. The van der Waals surface area contributed by atoms with Crippen LogP contribution in [0.25, 0.3) is 0 Å². The second-order valence-electron chi connectivity index (χ2n) is 6.44. The minimum Gasteiger partial charge on any atom is -0.334 e. The average Bonchev–Trinajstić information content (AvgIpc) is 2.48. The van der Waals surface area contributed by atoms with Gasteiger partial charge < -0.3 is 10.2 Å². The lowest BCUT2D eigenvalue weighted by atomic mass is 9.87. The molecule has 0 radical (unpaired) electrons. The smallest absolute Gasteiger partial charge is 0.240 e. The minimum atomic E-state index is 0.00195. The molecule has 1 aliphatic carbocycles. The van der Waals surface area contributed by atoms with Gasteiger partial charge in [-0.05, 0) is 44.6 Å². The zero-order valence-electron chi connectivity index (χ0n) is 11.9. The van der Waals surface area contributed by atoms with Crippen molar-refractivity contribution in [3.63, 3.8) is 0 Å². The van der Waals surface area contributed by atoms with E-state index in [1.54, 1.807) is 0 Å². The number of allylic oxidation sites excluding steroid dienone is 1. The van der Waals surface area contributed by atoms with Crippen LogP contribution in [0, 0.1) is 5.41 Å². The van der Waals surface area contributed by atoms with Crippen LogP contribution >= 0.6 is 0 Å². The number of hydrogen-bond donors (Lipinski definition) is 1. The summed E-state index contributed by atoms with van der Waals surface area (Å²) in [5.41, 5.74) is 0.229. The Labute approximate surface area is 111 Å². The summed E-state index contributed by atoms with van der Waals surface area (Å²) in [6, 6.07) is 0.321. The molecule has 0 saturated carbocycles. The first-order chi connectivity index (χ1) is 8.53. The molecule has 18 heavy (non-hydrogen) atoms. The van der Waals surface area contributed by atoms with Gasteiger partial charge in [0.1, 0.15) is 0 Å². The Balaban J connectivity index is 2.20. The van der Waals surface area contributed by atoms with E-state index in [4.69, 9.17) is 0 Å². The van der Waals surface area contributed by atoms with Crippen molar-refractivity contribution in [2.45, 2.75) is 58.0 Å². The molecule has 0 aromatic heterocycles. The van der Waals surface area contributed by atoms with Crippen molar-refractivity contribution in [2.75, 3.05) is 13.6 Å². The molecule has 1 aliphatic heterocycles. The summed E-state index contributed by atoms with van der Waals surface area (Å²) >= 11 is 0. The molecular weight excluding hydrogens is 224 g/mol. The Kier molecular flexibility index (Phi) is 4.10. The van der Waals surface area contributed by atoms with Gasteiger partial charge in [0, 0.05) is 6.54 Å². The van der Waals surface area contributed by atoms with Crippen LogP contribution < -0.4 is 5.32 Å². The van der Waals surface area contributed by atoms with Crippen LogP contribution in [0.2, 0.25) is 0 Å². The lowest BCUT2D eigenvalue weighted by molar-refractivity contribution is -0.135. The highest BCUT2D eigenvalue weighted by atomic mass is 16.2. The summed E-state index contributed by atoms with van der Waals surface area (Å²) in [4.78, 5) is 14.7. The number of nitrogens with zero attached hydrogens (tertiary/aromatic N) is 1. The molecule has 1 heterocycles. The Morgan fingerprint density at radius 1 is 1.39 bits per heavy atom. The van der Waals surface area contributed by atoms with Crippen molar-refractivity contribution in [3.05, 3.63) is 12.2 Å². The molecule has 0 aromatic rings. The van der Waals surface area contributed by atoms with Crippen LogP contribution in [-0.2, 0) is 4.79 Å². The molecule has 2 aliphatic rings. The molecule has 1 amide bonds. The van der Waals surface area contributed by atoms with E-state index in [1.807, 2.05) is 7.05 Å². The zero-order chi connectivity index (χ0) is 13.2. The number of amides is 1. The minimum absolute atomic E-state index is 0.00195. The number of rotatable bonds is 2. The van der Waals surface area contributed by atoms with Gasteiger partial charge in [-0.2, -0.15) is 0 Å². The van der Waals surface area contributed by atoms with Crippen LogP contribution in [0.1, 0.15) is 46.0 Å². The number of hydrogen-bond acceptors (Lipinski definition) is 2. The van der Waals surface area contributed by atoms with E-state index in [-0.39, 0.29) is 11.5 Å². The largest absolute Gasteiger partial charge is 0.334 e. The van der Waals surface area contributed by atoms with Crippen molar-refractivity contribution in [2.24, 2.45) is 5.41 Å². The van der Waals surface area contributed by atoms with Gasteiger partial charge in [-0.3, -0.25) is 4.79 Å².